The first-order chi connectivity index (χ1) is 15.1. The number of thioether (sulfide) groups is 1. The van der Waals surface area contributed by atoms with E-state index in [0.717, 1.165) is 21.7 Å². The Balaban J connectivity index is 1.57. The topological polar surface area (TPSA) is 70.1 Å². The molecule has 1 unspecified atom stereocenters. The van der Waals surface area contributed by atoms with Crippen molar-refractivity contribution in [2.45, 2.75) is 37.9 Å². The number of anilines is 1. The predicted octanol–water partition coefficient (Wildman–Crippen LogP) is 3.78. The van der Waals surface area contributed by atoms with Gasteiger partial charge in [-0.05, 0) is 36.1 Å². The zero-order valence-corrected chi connectivity index (χ0v) is 18.6. The molecule has 2 aromatic heterocycles. The number of nitrogens with one attached hydrogen (secondary N) is 1. The first kappa shape index (κ1) is 19.8. The van der Waals surface area contributed by atoms with Gasteiger partial charge in [-0.2, -0.15) is 0 Å². The van der Waals surface area contributed by atoms with E-state index in [0.29, 0.717) is 11.6 Å². The van der Waals surface area contributed by atoms with Crippen molar-refractivity contribution in [1.82, 2.24) is 19.9 Å². The van der Waals surface area contributed by atoms with Gasteiger partial charge in [-0.15, -0.1) is 0 Å². The summed E-state index contributed by atoms with van der Waals surface area (Å²) in [5.74, 6) is 1.17. The highest BCUT2D eigenvalue weighted by Crippen LogP contribution is 2.32. The highest BCUT2D eigenvalue weighted by Gasteiger charge is 2.23. The standard InChI is InChI=1S/C24H24N6S/c1-15(2)17-8-4-5-10-20(17)30-11-18-16(3)7-6-9-19(18)29-21(30)12-31-24-22-23(26-13-25-22)27-14-28-24/h4-11,13-15,21H,12H2,1-3H3,(H,25,26,27,28). The Bertz CT molecular complexity index is 1360. The van der Waals surface area contributed by atoms with E-state index in [2.05, 4.69) is 94.3 Å². The third-order valence-electron chi connectivity index (χ3n) is 5.57. The number of hydrogen-bond donors (Lipinski definition) is 1. The van der Waals surface area contributed by atoms with Gasteiger partial charge in [0.25, 0.3) is 0 Å². The van der Waals surface area contributed by atoms with Gasteiger partial charge in [0.05, 0.1) is 11.7 Å². The molecule has 156 valence electrons. The predicted molar refractivity (Wildman–Crippen MR) is 126 cm³/mol. The molecular weight excluding hydrogens is 404 g/mol. The Hall–Kier alpha value is -3.19. The summed E-state index contributed by atoms with van der Waals surface area (Å²) < 4.78 is 0. The first-order valence-electron chi connectivity index (χ1n) is 10.4. The second kappa shape index (κ2) is 8.15. The molecule has 31 heavy (non-hydrogen) atoms. The highest BCUT2D eigenvalue weighted by atomic mass is 32.2. The maximum absolute atomic E-state index is 5.15. The van der Waals surface area contributed by atoms with Gasteiger partial charge in [-0.25, -0.2) is 15.0 Å². The van der Waals surface area contributed by atoms with Gasteiger partial charge in [0.2, 0.25) is 0 Å². The summed E-state index contributed by atoms with van der Waals surface area (Å²) in [4.78, 5) is 23.6. The van der Waals surface area contributed by atoms with Crippen LogP contribution in [-0.4, -0.2) is 31.9 Å². The van der Waals surface area contributed by atoms with Crippen molar-refractivity contribution in [1.29, 1.82) is 0 Å². The molecule has 6 nitrogen and oxygen atoms in total. The molecular formula is C24H24N6S. The average Bonchev–Trinajstić information content (AvgIpc) is 3.27. The van der Waals surface area contributed by atoms with Gasteiger partial charge < -0.3 is 9.88 Å². The number of fused-ring (bicyclic) bond motifs is 2. The summed E-state index contributed by atoms with van der Waals surface area (Å²) in [6, 6.07) is 14.9. The fourth-order valence-corrected chi connectivity index (χ4v) is 4.92. The van der Waals surface area contributed by atoms with Crippen LogP contribution in [0.5, 0.6) is 0 Å². The Labute approximate surface area is 185 Å². The van der Waals surface area contributed by atoms with Gasteiger partial charge in [0, 0.05) is 22.9 Å². The van der Waals surface area contributed by atoms with Crippen LogP contribution in [0.4, 0.5) is 5.69 Å². The second-order valence-electron chi connectivity index (χ2n) is 7.96. The van der Waals surface area contributed by atoms with E-state index >= 15 is 0 Å². The minimum atomic E-state index is -0.0489. The van der Waals surface area contributed by atoms with Crippen LogP contribution in [0.15, 0.2) is 65.1 Å². The van der Waals surface area contributed by atoms with E-state index < -0.39 is 0 Å². The quantitative estimate of drug-likeness (QED) is 0.387. The van der Waals surface area contributed by atoms with Crippen molar-refractivity contribution in [2.75, 3.05) is 10.7 Å². The molecule has 0 aliphatic carbocycles. The minimum Gasteiger partial charge on any atom is -0.341 e. The summed E-state index contributed by atoms with van der Waals surface area (Å²) in [5, 5.41) is 3.11. The smallest absolute Gasteiger partial charge is 0.181 e. The monoisotopic (exact) mass is 428 g/mol. The van der Waals surface area contributed by atoms with Crippen LogP contribution in [0.2, 0.25) is 0 Å². The molecule has 0 saturated heterocycles. The van der Waals surface area contributed by atoms with Crippen molar-refractivity contribution < 1.29 is 0 Å². The Morgan fingerprint density at radius 3 is 2.81 bits per heavy atom. The number of aryl methyl sites for hydroxylation is 1. The van der Waals surface area contributed by atoms with Crippen molar-refractivity contribution in [3.63, 3.8) is 0 Å². The van der Waals surface area contributed by atoms with Crippen LogP contribution in [0.1, 0.15) is 30.9 Å². The SMILES string of the molecule is Cc1cccc2c1=CN(c1ccccc1C(C)C)C(CSc1ncnc3nc[nH]c13)N=2. The lowest BCUT2D eigenvalue weighted by Crippen LogP contribution is -2.44. The normalized spacial score (nSPS) is 15.6. The molecule has 0 amide bonds. The van der Waals surface area contributed by atoms with Crippen LogP contribution in [0, 0.1) is 6.92 Å². The number of aromatic nitrogens is 4. The fourth-order valence-electron chi connectivity index (χ4n) is 3.96. The Morgan fingerprint density at radius 1 is 1.06 bits per heavy atom. The lowest BCUT2D eigenvalue weighted by atomic mass is 10.00. The number of nitrogens with zero attached hydrogens (tertiary/aromatic N) is 5. The largest absolute Gasteiger partial charge is 0.341 e. The lowest BCUT2D eigenvalue weighted by molar-refractivity contribution is 0.728. The van der Waals surface area contributed by atoms with Crippen LogP contribution in [0.25, 0.3) is 17.4 Å². The van der Waals surface area contributed by atoms with Crippen LogP contribution in [0.3, 0.4) is 0 Å². The van der Waals surface area contributed by atoms with E-state index in [1.807, 2.05) is 0 Å². The summed E-state index contributed by atoms with van der Waals surface area (Å²) >= 11 is 1.67. The molecule has 0 radical (unpaired) electrons. The van der Waals surface area contributed by atoms with Crippen LogP contribution < -0.4 is 15.5 Å². The first-order valence-corrected chi connectivity index (χ1v) is 11.4. The molecule has 1 aliphatic heterocycles. The minimum absolute atomic E-state index is 0.0489. The molecule has 2 aromatic carbocycles. The van der Waals surface area contributed by atoms with E-state index in [1.54, 1.807) is 24.4 Å². The molecule has 0 spiro atoms. The lowest BCUT2D eigenvalue weighted by Gasteiger charge is -2.32. The third-order valence-corrected chi connectivity index (χ3v) is 6.62. The second-order valence-corrected chi connectivity index (χ2v) is 8.97. The van der Waals surface area contributed by atoms with Gasteiger partial charge >= 0.3 is 0 Å². The maximum atomic E-state index is 5.15. The summed E-state index contributed by atoms with van der Waals surface area (Å²) in [6.07, 6.45) is 5.44. The molecule has 0 fully saturated rings. The van der Waals surface area contributed by atoms with Crippen molar-refractivity contribution in [2.24, 2.45) is 4.99 Å². The molecule has 0 saturated carbocycles. The number of rotatable bonds is 5. The fraction of sp³-hybridized carbons (Fsp3) is 0.250. The number of hydrogen-bond acceptors (Lipinski definition) is 6. The van der Waals surface area contributed by atoms with Crippen LogP contribution >= 0.6 is 11.8 Å². The molecule has 1 N–H and O–H groups in total. The van der Waals surface area contributed by atoms with Crippen LogP contribution in [-0.2, 0) is 0 Å². The van der Waals surface area contributed by atoms with Gasteiger partial charge in [0.1, 0.15) is 23.0 Å². The number of aromatic amines is 1. The highest BCUT2D eigenvalue weighted by molar-refractivity contribution is 7.99. The van der Waals surface area contributed by atoms with E-state index in [1.165, 1.54) is 22.0 Å². The Morgan fingerprint density at radius 2 is 1.94 bits per heavy atom. The van der Waals surface area contributed by atoms with Crippen molar-refractivity contribution >= 4 is 34.8 Å². The molecule has 5 rings (SSSR count). The van der Waals surface area contributed by atoms with Gasteiger partial charge in [-0.1, -0.05) is 55.9 Å². The number of H-pyrrole nitrogens is 1. The average molecular weight is 429 g/mol. The number of para-hydroxylation sites is 1. The molecule has 0 bridgehead atoms. The van der Waals surface area contributed by atoms with Gasteiger partial charge in [0.15, 0.2) is 5.65 Å². The number of benzene rings is 2. The molecule has 7 heteroatoms. The van der Waals surface area contributed by atoms with E-state index in [-0.39, 0.29) is 6.17 Å². The molecule has 1 aliphatic rings. The zero-order chi connectivity index (χ0) is 21.4. The van der Waals surface area contributed by atoms with Crippen molar-refractivity contribution in [3.8, 4) is 0 Å². The summed E-state index contributed by atoms with van der Waals surface area (Å²) in [6.45, 7) is 6.61. The molecule has 3 heterocycles. The maximum Gasteiger partial charge on any atom is 0.181 e. The Kier molecular flexibility index (Phi) is 5.19. The van der Waals surface area contributed by atoms with E-state index in [4.69, 9.17) is 4.99 Å². The third kappa shape index (κ3) is 3.70. The molecule has 4 aromatic rings. The zero-order valence-electron chi connectivity index (χ0n) is 17.8. The molecule has 1 atom stereocenters. The summed E-state index contributed by atoms with van der Waals surface area (Å²) in [5.41, 5.74) is 5.31. The number of imidazole rings is 1. The van der Waals surface area contributed by atoms with Crippen molar-refractivity contribution in [3.05, 3.63) is 76.8 Å². The van der Waals surface area contributed by atoms with E-state index in [9.17, 15) is 0 Å². The summed E-state index contributed by atoms with van der Waals surface area (Å²) in [7, 11) is 0. The van der Waals surface area contributed by atoms with Gasteiger partial charge in [-0.3, -0.25) is 4.99 Å².